The van der Waals surface area contributed by atoms with Crippen molar-refractivity contribution >= 4 is 5.69 Å². The van der Waals surface area contributed by atoms with E-state index in [1.54, 1.807) is 0 Å². The van der Waals surface area contributed by atoms with Gasteiger partial charge in [-0.25, -0.2) is 0 Å². The minimum Gasteiger partial charge on any atom is -0.367 e. The number of aryl methyl sites for hydroxylation is 2. The molecule has 2 aromatic carbocycles. The van der Waals surface area contributed by atoms with Crippen LogP contribution in [0.2, 0.25) is 0 Å². The fraction of sp³-hybridized carbons (Fsp3) is 0.333. The molecule has 1 aliphatic rings. The van der Waals surface area contributed by atoms with Crippen LogP contribution in [-0.4, -0.2) is 6.54 Å². The van der Waals surface area contributed by atoms with Gasteiger partial charge in [0, 0.05) is 24.8 Å². The van der Waals surface area contributed by atoms with Gasteiger partial charge in [0.05, 0.1) is 0 Å². The molecule has 0 spiro atoms. The molecule has 0 aromatic heterocycles. The normalized spacial score (nSPS) is 17.9. The first-order valence-corrected chi connectivity index (χ1v) is 7.31. The Morgan fingerprint density at radius 3 is 2.70 bits per heavy atom. The Labute approximate surface area is 121 Å². The van der Waals surface area contributed by atoms with Crippen molar-refractivity contribution in [3.63, 3.8) is 0 Å². The van der Waals surface area contributed by atoms with Crippen molar-refractivity contribution in [3.05, 3.63) is 64.7 Å². The fourth-order valence-corrected chi connectivity index (χ4v) is 2.95. The summed E-state index contributed by atoms with van der Waals surface area (Å²) in [6, 6.07) is 15.5. The molecule has 0 radical (unpaired) electrons. The lowest BCUT2D eigenvalue weighted by atomic mass is 9.96. The topological polar surface area (TPSA) is 29.3 Å². The number of benzene rings is 2. The van der Waals surface area contributed by atoms with E-state index in [9.17, 15) is 0 Å². The van der Waals surface area contributed by atoms with Crippen LogP contribution in [0.4, 0.5) is 5.69 Å². The Bertz CT molecular complexity index is 619. The third-order valence-corrected chi connectivity index (χ3v) is 4.33. The molecule has 1 heterocycles. The summed E-state index contributed by atoms with van der Waals surface area (Å²) >= 11 is 0. The minimum absolute atomic E-state index is 0.183. The van der Waals surface area contributed by atoms with E-state index in [-0.39, 0.29) is 6.04 Å². The standard InChI is InChI=1S/C18H22N2/c1-13-7-8-15(11-14(13)2)12-20-10-9-17(19)16-5-3-4-6-18(16)20/h3-8,11,17H,9-10,12,19H2,1-2H3. The Hall–Kier alpha value is -1.80. The molecule has 2 heteroatoms. The average Bonchev–Trinajstić information content (AvgIpc) is 2.46. The van der Waals surface area contributed by atoms with Crippen LogP contribution < -0.4 is 10.6 Å². The van der Waals surface area contributed by atoms with E-state index in [1.807, 2.05) is 0 Å². The van der Waals surface area contributed by atoms with E-state index in [2.05, 4.69) is 61.2 Å². The van der Waals surface area contributed by atoms with Crippen molar-refractivity contribution in [1.82, 2.24) is 0 Å². The van der Waals surface area contributed by atoms with Gasteiger partial charge in [-0.1, -0.05) is 36.4 Å². The average molecular weight is 266 g/mol. The highest BCUT2D eigenvalue weighted by Gasteiger charge is 2.21. The molecular weight excluding hydrogens is 244 g/mol. The first-order valence-electron chi connectivity index (χ1n) is 7.31. The van der Waals surface area contributed by atoms with Gasteiger partial charge in [-0.3, -0.25) is 0 Å². The molecule has 104 valence electrons. The van der Waals surface area contributed by atoms with Crippen molar-refractivity contribution in [2.75, 3.05) is 11.4 Å². The van der Waals surface area contributed by atoms with Gasteiger partial charge < -0.3 is 10.6 Å². The molecule has 1 aliphatic heterocycles. The lowest BCUT2D eigenvalue weighted by Crippen LogP contribution is -2.33. The van der Waals surface area contributed by atoms with Crippen LogP contribution in [0.1, 0.15) is 34.7 Å². The number of para-hydroxylation sites is 1. The zero-order chi connectivity index (χ0) is 14.1. The van der Waals surface area contributed by atoms with Gasteiger partial charge in [0.2, 0.25) is 0 Å². The molecular formula is C18H22N2. The van der Waals surface area contributed by atoms with Crippen molar-refractivity contribution in [2.45, 2.75) is 32.9 Å². The maximum atomic E-state index is 6.22. The molecule has 0 amide bonds. The number of rotatable bonds is 2. The summed E-state index contributed by atoms with van der Waals surface area (Å²) in [5.74, 6) is 0. The predicted molar refractivity (Wildman–Crippen MR) is 85.0 cm³/mol. The second-order valence-electron chi connectivity index (χ2n) is 5.79. The molecule has 2 nitrogen and oxygen atoms in total. The van der Waals surface area contributed by atoms with E-state index >= 15 is 0 Å². The van der Waals surface area contributed by atoms with Crippen molar-refractivity contribution < 1.29 is 0 Å². The zero-order valence-corrected chi connectivity index (χ0v) is 12.3. The van der Waals surface area contributed by atoms with Gasteiger partial charge in [-0.15, -0.1) is 0 Å². The van der Waals surface area contributed by atoms with Crippen LogP contribution in [0.15, 0.2) is 42.5 Å². The first-order chi connectivity index (χ1) is 9.65. The summed E-state index contributed by atoms with van der Waals surface area (Å²) in [5, 5.41) is 0. The Morgan fingerprint density at radius 1 is 1.10 bits per heavy atom. The zero-order valence-electron chi connectivity index (χ0n) is 12.3. The summed E-state index contributed by atoms with van der Waals surface area (Å²) in [7, 11) is 0. The highest BCUT2D eigenvalue weighted by molar-refractivity contribution is 5.57. The molecule has 2 aromatic rings. The minimum atomic E-state index is 0.183. The van der Waals surface area contributed by atoms with Crippen molar-refractivity contribution in [3.8, 4) is 0 Å². The first kappa shape index (κ1) is 13.2. The summed E-state index contributed by atoms with van der Waals surface area (Å²) in [4.78, 5) is 2.45. The van der Waals surface area contributed by atoms with Gasteiger partial charge in [-0.05, 0) is 48.6 Å². The molecule has 0 saturated heterocycles. The van der Waals surface area contributed by atoms with Crippen molar-refractivity contribution in [2.24, 2.45) is 5.73 Å². The number of hydrogen-bond donors (Lipinski definition) is 1. The van der Waals surface area contributed by atoms with Crippen LogP contribution >= 0.6 is 0 Å². The monoisotopic (exact) mass is 266 g/mol. The fourth-order valence-electron chi connectivity index (χ4n) is 2.95. The molecule has 2 N–H and O–H groups in total. The molecule has 0 fully saturated rings. The lowest BCUT2D eigenvalue weighted by molar-refractivity contribution is 0.590. The van der Waals surface area contributed by atoms with E-state index < -0.39 is 0 Å². The lowest BCUT2D eigenvalue weighted by Gasteiger charge is -2.34. The number of fused-ring (bicyclic) bond motifs is 1. The third kappa shape index (κ3) is 2.44. The molecule has 0 aliphatic carbocycles. The van der Waals surface area contributed by atoms with Crippen LogP contribution in [0.3, 0.4) is 0 Å². The second-order valence-corrected chi connectivity index (χ2v) is 5.79. The van der Waals surface area contributed by atoms with Crippen LogP contribution in [0, 0.1) is 13.8 Å². The highest BCUT2D eigenvalue weighted by Crippen LogP contribution is 2.33. The molecule has 0 bridgehead atoms. The maximum absolute atomic E-state index is 6.22. The Kier molecular flexibility index (Phi) is 3.49. The molecule has 20 heavy (non-hydrogen) atoms. The molecule has 3 rings (SSSR count). The number of nitrogens with zero attached hydrogens (tertiary/aromatic N) is 1. The Balaban J connectivity index is 1.88. The molecule has 0 saturated carbocycles. The van der Waals surface area contributed by atoms with Gasteiger partial charge in [0.25, 0.3) is 0 Å². The number of anilines is 1. The second kappa shape index (κ2) is 5.29. The van der Waals surface area contributed by atoms with Gasteiger partial charge in [0.15, 0.2) is 0 Å². The van der Waals surface area contributed by atoms with E-state index in [4.69, 9.17) is 5.73 Å². The molecule has 1 atom stereocenters. The summed E-state index contributed by atoms with van der Waals surface area (Å²) in [6.07, 6.45) is 1.03. The smallest absolute Gasteiger partial charge is 0.0429 e. The quantitative estimate of drug-likeness (QED) is 0.897. The highest BCUT2D eigenvalue weighted by atomic mass is 15.1. The van der Waals surface area contributed by atoms with Gasteiger partial charge >= 0.3 is 0 Å². The van der Waals surface area contributed by atoms with Gasteiger partial charge in [0.1, 0.15) is 0 Å². The van der Waals surface area contributed by atoms with Crippen molar-refractivity contribution in [1.29, 1.82) is 0 Å². The number of nitrogens with two attached hydrogens (primary N) is 1. The van der Waals surface area contributed by atoms with Crippen LogP contribution in [0.25, 0.3) is 0 Å². The third-order valence-electron chi connectivity index (χ3n) is 4.33. The summed E-state index contributed by atoms with van der Waals surface area (Å²) < 4.78 is 0. The van der Waals surface area contributed by atoms with E-state index in [1.165, 1.54) is 27.9 Å². The summed E-state index contributed by atoms with van der Waals surface area (Å²) in [6.45, 7) is 6.34. The number of hydrogen-bond acceptors (Lipinski definition) is 2. The SMILES string of the molecule is Cc1ccc(CN2CCC(N)c3ccccc32)cc1C. The largest absolute Gasteiger partial charge is 0.367 e. The van der Waals surface area contributed by atoms with Gasteiger partial charge in [-0.2, -0.15) is 0 Å². The predicted octanol–water partition coefficient (Wildman–Crippen LogP) is 3.71. The van der Waals surface area contributed by atoms with Crippen LogP contribution in [-0.2, 0) is 6.54 Å². The van der Waals surface area contributed by atoms with E-state index in [0.717, 1.165) is 19.5 Å². The Morgan fingerprint density at radius 2 is 1.90 bits per heavy atom. The summed E-state index contributed by atoms with van der Waals surface area (Å²) in [5.41, 5.74) is 12.9. The van der Waals surface area contributed by atoms with E-state index in [0.29, 0.717) is 0 Å². The molecule has 1 unspecified atom stereocenters. The van der Waals surface area contributed by atoms with Crippen LogP contribution in [0.5, 0.6) is 0 Å². The maximum Gasteiger partial charge on any atom is 0.0429 e.